The number of amides is 1. The molecule has 0 spiro atoms. The molecule has 3 aliphatic heterocycles. The maximum atomic E-state index is 15.1. The largest absolute Gasteiger partial charge is 0.394 e. The van der Waals surface area contributed by atoms with Gasteiger partial charge in [-0.25, -0.2) is 4.39 Å². The van der Waals surface area contributed by atoms with E-state index in [9.17, 15) is 25.2 Å². The van der Waals surface area contributed by atoms with Crippen molar-refractivity contribution in [3.05, 3.63) is 0 Å². The highest BCUT2D eigenvalue weighted by atomic mass is 19.1. The Kier molecular flexibility index (Phi) is 16.5. The molecule has 4 rings (SSSR count). The van der Waals surface area contributed by atoms with Crippen LogP contribution in [0.2, 0.25) is 0 Å². The zero-order valence-electron chi connectivity index (χ0n) is 28.2. The third-order valence-corrected chi connectivity index (χ3v) is 10.8. The lowest BCUT2D eigenvalue weighted by atomic mass is 9.83. The number of ether oxygens (including phenoxy) is 2. The first-order chi connectivity index (χ1) is 22.7. The highest BCUT2D eigenvalue weighted by Crippen LogP contribution is 2.33. The molecular weight excluding hydrogens is 613 g/mol. The summed E-state index contributed by atoms with van der Waals surface area (Å²) in [6.07, 6.45) is 0.327. The summed E-state index contributed by atoms with van der Waals surface area (Å²) >= 11 is 0. The monoisotopic (exact) mass is 675 g/mol. The Bertz CT molecular complexity index is 897. The molecule has 0 aromatic rings. The molecule has 8 atom stereocenters. The number of aliphatic hydroxyl groups is 5. The van der Waals surface area contributed by atoms with Gasteiger partial charge >= 0.3 is 0 Å². The molecule has 14 heteroatoms. The van der Waals surface area contributed by atoms with Crippen molar-refractivity contribution in [2.45, 2.75) is 101 Å². The van der Waals surface area contributed by atoms with E-state index in [2.05, 4.69) is 20.9 Å². The predicted octanol–water partition coefficient (Wildman–Crippen LogP) is -0.995. The number of alkyl halides is 1. The Balaban J connectivity index is 1.03. The van der Waals surface area contributed by atoms with E-state index in [0.717, 1.165) is 58.5 Å². The lowest BCUT2D eigenvalue weighted by Crippen LogP contribution is -2.62. The number of carbonyl (C=O) groups is 1. The molecule has 0 radical (unpaired) electrons. The molecule has 0 bridgehead atoms. The molecular formula is C33H62FN5O8. The van der Waals surface area contributed by atoms with Gasteiger partial charge in [0.05, 0.1) is 25.4 Å². The molecule has 274 valence electrons. The summed E-state index contributed by atoms with van der Waals surface area (Å²) in [5.41, 5.74) is 0. The van der Waals surface area contributed by atoms with Crippen molar-refractivity contribution in [3.8, 4) is 0 Å². The number of carbonyl (C=O) groups excluding carboxylic acids is 1. The van der Waals surface area contributed by atoms with Gasteiger partial charge in [0.15, 0.2) is 0 Å². The summed E-state index contributed by atoms with van der Waals surface area (Å²) in [5.74, 6) is 1.10. The van der Waals surface area contributed by atoms with E-state index in [-0.39, 0.29) is 43.1 Å². The lowest BCUT2D eigenvalue weighted by Gasteiger charge is -2.41. The van der Waals surface area contributed by atoms with Crippen LogP contribution in [0.3, 0.4) is 0 Å². The second kappa shape index (κ2) is 20.0. The molecule has 0 aromatic heterocycles. The van der Waals surface area contributed by atoms with E-state index < -0.39 is 37.2 Å². The number of halogens is 1. The number of piperidine rings is 1. The van der Waals surface area contributed by atoms with E-state index >= 15 is 4.39 Å². The molecule has 1 aliphatic carbocycles. The normalized spacial score (nSPS) is 32.3. The van der Waals surface area contributed by atoms with E-state index in [1.54, 1.807) is 12.0 Å². The number of nitrogens with one attached hydrogen (secondary N) is 3. The number of methoxy groups -OCH3 is 1. The molecule has 3 heterocycles. The number of hydrogen-bond acceptors (Lipinski definition) is 12. The Morgan fingerprint density at radius 3 is 2.34 bits per heavy atom. The van der Waals surface area contributed by atoms with Gasteiger partial charge in [-0.05, 0) is 69.2 Å². The maximum Gasteiger partial charge on any atom is 0.222 e. The highest BCUT2D eigenvalue weighted by molar-refractivity contribution is 5.76. The van der Waals surface area contributed by atoms with Gasteiger partial charge in [-0.15, -0.1) is 0 Å². The molecule has 3 unspecified atom stereocenters. The van der Waals surface area contributed by atoms with Gasteiger partial charge in [-0.1, -0.05) is 0 Å². The van der Waals surface area contributed by atoms with E-state index in [0.29, 0.717) is 50.9 Å². The fraction of sp³-hybridized carbons (Fsp3) is 0.970. The molecule has 8 N–H and O–H groups in total. The van der Waals surface area contributed by atoms with Gasteiger partial charge < -0.3 is 45.2 Å². The van der Waals surface area contributed by atoms with Gasteiger partial charge in [0.25, 0.3) is 0 Å². The van der Waals surface area contributed by atoms with Gasteiger partial charge in [0.1, 0.15) is 30.8 Å². The SMILES string of the molecule is COCC1CNC(N2CCC(CCCOC3CCC(CC(=O)N4CC[C@@H](CNC[C@H](O)[C@@H](O)[C@H](O)[C@H](O)CO)C4)C(F)C3)CC2)NC1. The molecule has 47 heavy (non-hydrogen) atoms. The molecule has 1 amide bonds. The molecule has 4 fully saturated rings. The second-order valence-electron chi connectivity index (χ2n) is 14.4. The zero-order chi connectivity index (χ0) is 33.8. The maximum absolute atomic E-state index is 15.1. The van der Waals surface area contributed by atoms with Gasteiger partial charge in [0, 0.05) is 78.3 Å². The first-order valence-corrected chi connectivity index (χ1v) is 17.9. The van der Waals surface area contributed by atoms with Gasteiger partial charge in [-0.2, -0.15) is 0 Å². The van der Waals surface area contributed by atoms with Crippen molar-refractivity contribution >= 4 is 5.91 Å². The first kappa shape index (κ1) is 38.8. The summed E-state index contributed by atoms with van der Waals surface area (Å²) in [4.78, 5) is 17.3. The highest BCUT2D eigenvalue weighted by Gasteiger charge is 2.36. The fourth-order valence-electron chi connectivity index (χ4n) is 7.66. The Morgan fingerprint density at radius 1 is 0.957 bits per heavy atom. The van der Waals surface area contributed by atoms with E-state index in [4.69, 9.17) is 14.6 Å². The minimum absolute atomic E-state index is 0.0121. The van der Waals surface area contributed by atoms with Crippen molar-refractivity contribution < 1.29 is 44.2 Å². The topological polar surface area (TPSA) is 179 Å². The summed E-state index contributed by atoms with van der Waals surface area (Å²) in [6, 6.07) is 0. The average Bonchev–Trinajstić information content (AvgIpc) is 3.56. The number of hydrogen-bond donors (Lipinski definition) is 8. The van der Waals surface area contributed by atoms with Crippen molar-refractivity contribution in [3.63, 3.8) is 0 Å². The number of aliphatic hydroxyl groups excluding tert-OH is 5. The van der Waals surface area contributed by atoms with Crippen LogP contribution >= 0.6 is 0 Å². The third-order valence-electron chi connectivity index (χ3n) is 10.8. The zero-order valence-corrected chi connectivity index (χ0v) is 28.2. The van der Waals surface area contributed by atoms with Crippen LogP contribution in [0.4, 0.5) is 4.39 Å². The Morgan fingerprint density at radius 2 is 1.66 bits per heavy atom. The van der Waals surface area contributed by atoms with Crippen LogP contribution in [-0.2, 0) is 14.3 Å². The molecule has 4 aliphatic rings. The van der Waals surface area contributed by atoms with Crippen molar-refractivity contribution in [1.29, 1.82) is 0 Å². The molecule has 3 saturated heterocycles. The molecule has 0 aromatic carbocycles. The second-order valence-corrected chi connectivity index (χ2v) is 14.4. The third kappa shape index (κ3) is 12.1. The summed E-state index contributed by atoms with van der Waals surface area (Å²) in [5, 5.41) is 58.4. The fourth-order valence-corrected chi connectivity index (χ4v) is 7.66. The van der Waals surface area contributed by atoms with Gasteiger partial charge in [-0.3, -0.25) is 20.3 Å². The smallest absolute Gasteiger partial charge is 0.222 e. The summed E-state index contributed by atoms with van der Waals surface area (Å²) in [6.45, 7) is 6.51. The molecule has 1 saturated carbocycles. The predicted molar refractivity (Wildman–Crippen MR) is 174 cm³/mol. The van der Waals surface area contributed by atoms with Crippen LogP contribution in [-0.4, -0.2) is 164 Å². The van der Waals surface area contributed by atoms with Crippen LogP contribution in [0.25, 0.3) is 0 Å². The minimum atomic E-state index is -1.66. The van der Waals surface area contributed by atoms with Crippen LogP contribution in [0, 0.1) is 23.7 Å². The van der Waals surface area contributed by atoms with Crippen LogP contribution in [0.1, 0.15) is 57.8 Å². The van der Waals surface area contributed by atoms with E-state index in [1.807, 2.05) is 0 Å². The number of rotatable bonds is 18. The lowest BCUT2D eigenvalue weighted by molar-refractivity contribution is -0.132. The minimum Gasteiger partial charge on any atom is -0.394 e. The standard InChI is InChI=1S/C33H62FN5O8/c1-46-21-24-16-36-33(37-17-24)38-9-6-22(7-10-38)3-2-12-47-26-5-4-25(27(34)14-26)13-30(43)39-11-8-23(19-39)15-35-18-28(41)31(44)32(45)29(42)20-40/h22-29,31-33,35-37,40-42,44-45H,2-21H2,1H3/t23-,24?,25?,26?,27?,28-,29+,31+,32+,33?/m0/s1. The molecule has 13 nitrogen and oxygen atoms in total. The van der Waals surface area contributed by atoms with E-state index in [1.165, 1.54) is 12.8 Å². The van der Waals surface area contributed by atoms with Crippen LogP contribution in [0.5, 0.6) is 0 Å². The Labute approximate surface area is 279 Å². The Hall–Kier alpha value is -1.04. The first-order valence-electron chi connectivity index (χ1n) is 17.9. The van der Waals surface area contributed by atoms with Crippen molar-refractivity contribution in [1.82, 2.24) is 25.8 Å². The van der Waals surface area contributed by atoms with Crippen LogP contribution in [0.15, 0.2) is 0 Å². The average molecular weight is 676 g/mol. The van der Waals surface area contributed by atoms with Crippen LogP contribution < -0.4 is 16.0 Å². The van der Waals surface area contributed by atoms with Gasteiger partial charge in [0.2, 0.25) is 5.91 Å². The van der Waals surface area contributed by atoms with Crippen molar-refractivity contribution in [2.75, 3.05) is 79.3 Å². The quantitative estimate of drug-likeness (QED) is 0.0833. The summed E-state index contributed by atoms with van der Waals surface area (Å²) < 4.78 is 26.5. The number of likely N-dealkylation sites (tertiary alicyclic amines) is 2. The number of nitrogens with zero attached hydrogens (tertiary/aromatic N) is 2. The van der Waals surface area contributed by atoms with Crippen molar-refractivity contribution in [2.24, 2.45) is 23.7 Å². The summed E-state index contributed by atoms with van der Waals surface area (Å²) in [7, 11) is 1.75.